The number of imide groups is 1. The normalized spacial score (nSPS) is 25.2. The van der Waals surface area contributed by atoms with Crippen molar-refractivity contribution in [1.29, 1.82) is 0 Å². The number of halogens is 6. The average Bonchev–Trinajstić information content (AvgIpc) is 3.21. The van der Waals surface area contributed by atoms with Crippen LogP contribution in [-0.4, -0.2) is 28.5 Å². The van der Waals surface area contributed by atoms with E-state index >= 15 is 0 Å². The fourth-order valence-electron chi connectivity index (χ4n) is 7.24. The third kappa shape index (κ3) is 4.72. The Bertz CT molecular complexity index is 1770. The lowest BCUT2D eigenvalue weighted by Gasteiger charge is -2.42. The summed E-state index contributed by atoms with van der Waals surface area (Å²) in [6.07, 6.45) is -7.64. The Morgan fingerprint density at radius 1 is 0.800 bits per heavy atom. The highest BCUT2D eigenvalue weighted by molar-refractivity contribution is 6.25. The number of benzene rings is 2. The lowest BCUT2D eigenvalue weighted by molar-refractivity contribution is -0.143. The van der Waals surface area contributed by atoms with Gasteiger partial charge in [-0.1, -0.05) is 23.8 Å². The van der Waals surface area contributed by atoms with E-state index in [1.807, 2.05) is 0 Å². The minimum Gasteiger partial charge on any atom is -0.507 e. The first kappa shape index (κ1) is 30.5. The van der Waals surface area contributed by atoms with E-state index in [2.05, 4.69) is 0 Å². The summed E-state index contributed by atoms with van der Waals surface area (Å²) in [5, 5.41) is 10.4. The van der Waals surface area contributed by atoms with E-state index in [1.54, 1.807) is 32.1 Å². The monoisotopic (exact) mass is 629 g/mol. The lowest BCUT2D eigenvalue weighted by Crippen LogP contribution is -2.39. The number of anilines is 1. The second kappa shape index (κ2) is 10.0. The maximum atomic E-state index is 14.0. The van der Waals surface area contributed by atoms with E-state index in [4.69, 9.17) is 0 Å². The number of amides is 2. The van der Waals surface area contributed by atoms with Crippen molar-refractivity contribution in [1.82, 2.24) is 0 Å². The highest BCUT2D eigenvalue weighted by Crippen LogP contribution is 2.56. The van der Waals surface area contributed by atoms with E-state index in [-0.39, 0.29) is 41.4 Å². The molecular weight excluding hydrogens is 604 g/mol. The number of nitrogens with zero attached hydrogens (tertiary/aromatic N) is 1. The molecular formula is C33H25F6NO5. The van der Waals surface area contributed by atoms with Crippen molar-refractivity contribution >= 4 is 29.1 Å². The number of carbonyl (C=O) groups excluding carboxylic acids is 4. The van der Waals surface area contributed by atoms with Crippen molar-refractivity contribution in [3.63, 3.8) is 0 Å². The maximum Gasteiger partial charge on any atom is 0.416 e. The first-order valence-electron chi connectivity index (χ1n) is 14.1. The number of fused-ring (bicyclic) bond motifs is 3. The molecule has 0 aromatic heterocycles. The van der Waals surface area contributed by atoms with Crippen molar-refractivity contribution in [2.45, 2.75) is 51.9 Å². The summed E-state index contributed by atoms with van der Waals surface area (Å²) in [4.78, 5) is 54.8. The molecule has 0 saturated carbocycles. The summed E-state index contributed by atoms with van der Waals surface area (Å²) in [5.74, 6) is -6.71. The topological polar surface area (TPSA) is 91.8 Å². The molecule has 0 bridgehead atoms. The van der Waals surface area contributed by atoms with Crippen LogP contribution in [0.25, 0.3) is 0 Å². The standard InChI is InChI=1S/C33H25F6NO5/c1-13-6-16(7-14(2)28(13)42)25-20-4-5-21-26(22(20)12-23-27(25)24(41)8-15(3)29(23)43)31(45)40(30(21)44)19-10-17(32(34,35)36)9-18(11-19)33(37,38)39/h4,6-11,21-22,25-26,42H,5,12H2,1-3H3/t21-,22+,25-,26-/m0/s1. The fourth-order valence-corrected chi connectivity index (χ4v) is 7.24. The molecule has 6 nitrogen and oxygen atoms in total. The van der Waals surface area contributed by atoms with Gasteiger partial charge >= 0.3 is 12.4 Å². The van der Waals surface area contributed by atoms with E-state index in [1.165, 1.54) is 13.0 Å². The summed E-state index contributed by atoms with van der Waals surface area (Å²) in [5.41, 5.74) is -1.55. The van der Waals surface area contributed by atoms with Crippen LogP contribution in [0.15, 0.2) is 64.8 Å². The minimum atomic E-state index is -5.19. The average molecular weight is 630 g/mol. The smallest absolute Gasteiger partial charge is 0.416 e. The number of hydrogen-bond donors (Lipinski definition) is 1. The van der Waals surface area contributed by atoms with E-state index in [9.17, 15) is 50.6 Å². The number of carbonyl (C=O) groups is 4. The van der Waals surface area contributed by atoms with Crippen LogP contribution in [0.5, 0.6) is 5.75 Å². The SMILES string of the molecule is CC1=CC(=O)C2=C(C[C@@H]3C(=CC[C@@H]4C(=O)N(c5cc(C(F)(F)F)cc(C(F)(F)F)c5)C(=O)[C@@H]43)[C@@H]2c2cc(C)c(O)c(C)c2)C1=O. The second-order valence-electron chi connectivity index (χ2n) is 12.0. The van der Waals surface area contributed by atoms with Gasteiger partial charge in [0.15, 0.2) is 11.6 Å². The number of aromatic hydroxyl groups is 1. The van der Waals surface area contributed by atoms with Gasteiger partial charge in [-0.15, -0.1) is 0 Å². The summed E-state index contributed by atoms with van der Waals surface area (Å²) < 4.78 is 81.8. The molecule has 4 aliphatic rings. The number of phenolic OH excluding ortho intramolecular Hbond substituents is 1. The van der Waals surface area contributed by atoms with Crippen LogP contribution in [0.2, 0.25) is 0 Å². The van der Waals surface area contributed by atoms with Gasteiger partial charge in [0, 0.05) is 22.6 Å². The summed E-state index contributed by atoms with van der Waals surface area (Å²) in [7, 11) is 0. The highest BCUT2D eigenvalue weighted by atomic mass is 19.4. The molecule has 0 radical (unpaired) electrons. The number of ketones is 2. The van der Waals surface area contributed by atoms with Gasteiger partial charge in [-0.25, -0.2) is 4.90 Å². The van der Waals surface area contributed by atoms with Gasteiger partial charge in [-0.2, -0.15) is 26.3 Å². The molecule has 2 aromatic rings. The predicted octanol–water partition coefficient (Wildman–Crippen LogP) is 6.68. The van der Waals surface area contributed by atoms with Crippen LogP contribution in [0.4, 0.5) is 32.0 Å². The largest absolute Gasteiger partial charge is 0.507 e. The Labute approximate surface area is 252 Å². The van der Waals surface area contributed by atoms with Gasteiger partial charge in [-0.3, -0.25) is 19.2 Å². The van der Waals surface area contributed by atoms with Gasteiger partial charge in [0.25, 0.3) is 0 Å². The molecule has 1 N–H and O–H groups in total. The number of rotatable bonds is 2. The third-order valence-electron chi connectivity index (χ3n) is 9.24. The molecule has 0 unspecified atom stereocenters. The molecule has 0 spiro atoms. The van der Waals surface area contributed by atoms with Gasteiger partial charge in [0.1, 0.15) is 5.75 Å². The number of alkyl halides is 6. The molecule has 1 aliphatic heterocycles. The number of Topliss-reactive ketones (excluding diaryl/α,β-unsaturated/α-hetero) is 1. The third-order valence-corrected chi connectivity index (χ3v) is 9.24. The van der Waals surface area contributed by atoms with Crippen molar-refractivity contribution in [3.05, 3.63) is 92.6 Å². The zero-order chi connectivity index (χ0) is 32.9. The molecule has 2 aromatic carbocycles. The second-order valence-corrected chi connectivity index (χ2v) is 12.0. The summed E-state index contributed by atoms with van der Waals surface area (Å²) in [6, 6.07) is 3.93. The predicted molar refractivity (Wildman–Crippen MR) is 148 cm³/mol. The van der Waals surface area contributed by atoms with E-state index < -0.39 is 76.2 Å². The molecule has 45 heavy (non-hydrogen) atoms. The van der Waals surface area contributed by atoms with Crippen LogP contribution < -0.4 is 4.90 Å². The van der Waals surface area contributed by atoms with Gasteiger partial charge in [0.05, 0.1) is 28.7 Å². The molecule has 4 atom stereocenters. The number of phenols is 1. The van der Waals surface area contributed by atoms with Crippen LogP contribution in [-0.2, 0) is 31.5 Å². The quantitative estimate of drug-likeness (QED) is 0.173. The first-order chi connectivity index (χ1) is 20.9. The van der Waals surface area contributed by atoms with Gasteiger partial charge in [0.2, 0.25) is 11.8 Å². The van der Waals surface area contributed by atoms with E-state index in [0.717, 1.165) is 0 Å². The molecule has 6 rings (SSSR count). The van der Waals surface area contributed by atoms with Crippen molar-refractivity contribution in [2.24, 2.45) is 17.8 Å². The Morgan fingerprint density at radius 3 is 1.93 bits per heavy atom. The molecule has 1 heterocycles. The zero-order valence-electron chi connectivity index (χ0n) is 24.1. The summed E-state index contributed by atoms with van der Waals surface area (Å²) in [6.45, 7) is 4.79. The Balaban J connectivity index is 1.49. The van der Waals surface area contributed by atoms with Crippen molar-refractivity contribution in [2.75, 3.05) is 4.90 Å². The highest BCUT2D eigenvalue weighted by Gasteiger charge is 2.57. The molecule has 12 heteroatoms. The minimum absolute atomic E-state index is 0.0336. The lowest BCUT2D eigenvalue weighted by atomic mass is 9.59. The van der Waals surface area contributed by atoms with Crippen LogP contribution in [0.3, 0.4) is 0 Å². The molecule has 3 aliphatic carbocycles. The molecule has 234 valence electrons. The van der Waals surface area contributed by atoms with Crippen LogP contribution in [0.1, 0.15) is 53.5 Å². The van der Waals surface area contributed by atoms with Crippen molar-refractivity contribution in [3.8, 4) is 5.75 Å². The molecule has 2 amide bonds. The molecule has 1 fully saturated rings. The maximum absolute atomic E-state index is 14.0. The number of allylic oxidation sites excluding steroid dienone is 6. The van der Waals surface area contributed by atoms with Gasteiger partial charge in [-0.05, 0) is 80.5 Å². The fraction of sp³-hybridized carbons (Fsp3) is 0.333. The molecule has 1 saturated heterocycles. The first-order valence-corrected chi connectivity index (χ1v) is 14.1. The number of aryl methyl sites for hydroxylation is 2. The van der Waals surface area contributed by atoms with E-state index in [0.29, 0.717) is 39.3 Å². The Kier molecular flexibility index (Phi) is 6.80. The van der Waals surface area contributed by atoms with Crippen LogP contribution >= 0.6 is 0 Å². The zero-order valence-corrected chi connectivity index (χ0v) is 24.1. The van der Waals surface area contributed by atoms with Gasteiger partial charge < -0.3 is 5.11 Å². The Hall–Kier alpha value is -4.48. The van der Waals surface area contributed by atoms with Crippen LogP contribution in [0, 0.1) is 31.6 Å². The van der Waals surface area contributed by atoms with Crippen molar-refractivity contribution < 1.29 is 50.6 Å². The Morgan fingerprint density at radius 2 is 1.38 bits per heavy atom. The summed E-state index contributed by atoms with van der Waals surface area (Å²) >= 11 is 0. The number of hydrogen-bond acceptors (Lipinski definition) is 5.